The zero-order chi connectivity index (χ0) is 11.1. The van der Waals surface area contributed by atoms with E-state index in [1.807, 2.05) is 6.07 Å². The number of fused-ring (bicyclic) bond motifs is 1. The number of nitrogens with zero attached hydrogens (tertiary/aromatic N) is 1. The average Bonchev–Trinajstić information content (AvgIpc) is 2.59. The molecule has 1 N–H and O–H groups in total. The van der Waals surface area contributed by atoms with Gasteiger partial charge in [-0.05, 0) is 17.7 Å². The van der Waals surface area contributed by atoms with Crippen LogP contribution in [-0.4, -0.2) is 12.0 Å². The zero-order valence-corrected chi connectivity index (χ0v) is 7.47. The Bertz CT molecular complexity index is 550. The molecule has 15 heavy (non-hydrogen) atoms. The number of aromatic amines is 1. The smallest absolute Gasteiger partial charge is 0.444 e. The fourth-order valence-corrected chi connectivity index (χ4v) is 1.45. The second kappa shape index (κ2) is 3.06. The fraction of sp³-hybridized carbons (Fsp3) is 0. The van der Waals surface area contributed by atoms with Crippen LogP contribution in [0.3, 0.4) is 0 Å². The number of benzene rings is 1. The van der Waals surface area contributed by atoms with Gasteiger partial charge < -0.3 is 17.9 Å². The number of nitrogens with one attached hydrogen (secondary N) is 1. The summed E-state index contributed by atoms with van der Waals surface area (Å²) in [5, 5.41) is 9.02. The van der Waals surface area contributed by atoms with Gasteiger partial charge in [-0.2, -0.15) is 5.26 Å². The molecule has 0 spiro atoms. The predicted molar refractivity (Wildman–Crippen MR) is 51.7 cm³/mol. The molecule has 1 aromatic carbocycles. The van der Waals surface area contributed by atoms with Crippen LogP contribution in [0.2, 0.25) is 0 Å². The van der Waals surface area contributed by atoms with Gasteiger partial charge in [0, 0.05) is 10.9 Å². The molecule has 0 saturated heterocycles. The Hall–Kier alpha value is -1.90. The van der Waals surface area contributed by atoms with Crippen molar-refractivity contribution in [1.29, 1.82) is 5.26 Å². The van der Waals surface area contributed by atoms with E-state index in [2.05, 4.69) is 4.98 Å². The van der Waals surface area contributed by atoms with Crippen LogP contribution in [-0.2, 0) is 0 Å². The van der Waals surface area contributed by atoms with Crippen LogP contribution in [0.1, 0.15) is 5.56 Å². The first-order chi connectivity index (χ1) is 7.02. The number of hydrogen-bond donors (Lipinski definition) is 1. The highest BCUT2D eigenvalue weighted by Gasteiger charge is 2.27. The highest BCUT2D eigenvalue weighted by atomic mass is 19.4. The lowest BCUT2D eigenvalue weighted by atomic mass is 9.86. The van der Waals surface area contributed by atoms with E-state index < -0.39 is 12.6 Å². The summed E-state index contributed by atoms with van der Waals surface area (Å²) in [4.78, 5) is 2.26. The van der Waals surface area contributed by atoms with Gasteiger partial charge >= 0.3 is 6.98 Å². The van der Waals surface area contributed by atoms with Crippen LogP contribution in [0, 0.1) is 11.3 Å². The topological polar surface area (TPSA) is 39.6 Å². The summed E-state index contributed by atoms with van der Waals surface area (Å²) >= 11 is 0. The molecule has 2 rings (SSSR count). The van der Waals surface area contributed by atoms with E-state index >= 15 is 0 Å². The van der Waals surface area contributed by atoms with E-state index in [1.165, 1.54) is 12.1 Å². The van der Waals surface area contributed by atoms with E-state index in [9.17, 15) is 12.9 Å². The lowest BCUT2D eigenvalue weighted by Gasteiger charge is -2.10. The Morgan fingerprint density at radius 2 is 2.00 bits per heavy atom. The van der Waals surface area contributed by atoms with Crippen LogP contribution in [0.5, 0.6) is 0 Å². The maximum Gasteiger partial charge on any atom is 0.525 e. The van der Waals surface area contributed by atoms with E-state index in [0.29, 0.717) is 10.9 Å². The van der Waals surface area contributed by atoms with Crippen LogP contribution in [0.15, 0.2) is 24.3 Å². The molecule has 0 amide bonds. The number of aromatic nitrogens is 1. The van der Waals surface area contributed by atoms with Crippen molar-refractivity contribution in [2.45, 2.75) is 0 Å². The van der Waals surface area contributed by atoms with Gasteiger partial charge in [0.1, 0.15) is 0 Å². The quantitative estimate of drug-likeness (QED) is 0.717. The van der Waals surface area contributed by atoms with Gasteiger partial charge in [-0.1, -0.05) is 12.1 Å². The molecule has 6 heteroatoms. The van der Waals surface area contributed by atoms with Crippen molar-refractivity contribution >= 4 is 23.5 Å². The van der Waals surface area contributed by atoms with Crippen LogP contribution >= 0.6 is 0 Å². The summed E-state index contributed by atoms with van der Waals surface area (Å²) in [6.07, 6.45) is 0. The van der Waals surface area contributed by atoms with Crippen molar-refractivity contribution in [2.75, 3.05) is 0 Å². The van der Waals surface area contributed by atoms with Gasteiger partial charge in [-0.25, -0.2) is 0 Å². The molecule has 0 aliphatic carbocycles. The third kappa shape index (κ3) is 1.56. The minimum Gasteiger partial charge on any atom is -0.444 e. The molecule has 2 aromatic rings. The lowest BCUT2D eigenvalue weighted by molar-refractivity contribution is 0.499. The highest BCUT2D eigenvalue weighted by Crippen LogP contribution is 2.18. The Balaban J connectivity index is 2.72. The summed E-state index contributed by atoms with van der Waals surface area (Å²) in [5.41, 5.74) is -0.189. The summed E-state index contributed by atoms with van der Waals surface area (Å²) in [5.74, 6) is 0. The number of halogens is 3. The standard InChI is InChI=1S/C9H5BF3N2/c11-10(12,13)9-4-7-6(5-14)2-1-3-8(7)15-9/h1-4,15H/q-1. The normalized spacial score (nSPS) is 11.6. The lowest BCUT2D eigenvalue weighted by Crippen LogP contribution is -2.34. The molecule has 0 fully saturated rings. The molecule has 2 nitrogen and oxygen atoms in total. The van der Waals surface area contributed by atoms with Gasteiger partial charge in [0.05, 0.1) is 11.6 Å². The monoisotopic (exact) mass is 209 g/mol. The Morgan fingerprint density at radius 1 is 1.27 bits per heavy atom. The summed E-state index contributed by atoms with van der Waals surface area (Å²) in [6, 6.07) is 7.39. The number of rotatable bonds is 1. The van der Waals surface area contributed by atoms with Crippen molar-refractivity contribution in [2.24, 2.45) is 0 Å². The molecule has 0 saturated carbocycles. The molecule has 0 atom stereocenters. The highest BCUT2D eigenvalue weighted by molar-refractivity contribution is 6.73. The minimum atomic E-state index is -5.04. The van der Waals surface area contributed by atoms with Gasteiger partial charge in [-0.15, -0.1) is 0 Å². The van der Waals surface area contributed by atoms with E-state index in [-0.39, 0.29) is 5.56 Å². The molecular formula is C9H5BF3N2-. The van der Waals surface area contributed by atoms with Crippen molar-refractivity contribution in [3.05, 3.63) is 29.8 Å². The molecule has 0 aliphatic rings. The van der Waals surface area contributed by atoms with Crippen LogP contribution in [0.4, 0.5) is 12.9 Å². The molecule has 0 unspecified atom stereocenters. The summed E-state index contributed by atoms with van der Waals surface area (Å²) < 4.78 is 37.2. The molecule has 1 heterocycles. The van der Waals surface area contributed by atoms with Crippen LogP contribution in [0.25, 0.3) is 10.9 Å². The first kappa shape index (κ1) is 9.65. The average molecular weight is 209 g/mol. The van der Waals surface area contributed by atoms with E-state index in [1.54, 1.807) is 6.07 Å². The number of nitriles is 1. The molecule has 1 aromatic heterocycles. The van der Waals surface area contributed by atoms with E-state index in [4.69, 9.17) is 5.26 Å². The van der Waals surface area contributed by atoms with Crippen LogP contribution < -0.4 is 5.59 Å². The second-order valence-corrected chi connectivity index (χ2v) is 3.18. The van der Waals surface area contributed by atoms with Crippen molar-refractivity contribution < 1.29 is 12.9 Å². The molecule has 0 radical (unpaired) electrons. The first-order valence-electron chi connectivity index (χ1n) is 4.24. The number of H-pyrrole nitrogens is 1. The van der Waals surface area contributed by atoms with Crippen molar-refractivity contribution in [1.82, 2.24) is 4.98 Å². The Kier molecular flexibility index (Phi) is 1.97. The SMILES string of the molecule is N#Cc1cccc2[nH]c([B-](F)(F)F)cc12. The predicted octanol–water partition coefficient (Wildman–Crippen LogP) is 2.09. The minimum absolute atomic E-state index is 0.245. The van der Waals surface area contributed by atoms with Gasteiger partial charge in [-0.3, -0.25) is 0 Å². The third-order valence-electron chi connectivity index (χ3n) is 2.16. The third-order valence-corrected chi connectivity index (χ3v) is 2.16. The second-order valence-electron chi connectivity index (χ2n) is 3.18. The van der Waals surface area contributed by atoms with Gasteiger partial charge in [0.2, 0.25) is 0 Å². The molecule has 76 valence electrons. The molecular weight excluding hydrogens is 204 g/mol. The maximum atomic E-state index is 12.4. The van der Waals surface area contributed by atoms with Crippen molar-refractivity contribution in [3.63, 3.8) is 0 Å². The summed E-state index contributed by atoms with van der Waals surface area (Å²) in [7, 11) is 0. The zero-order valence-electron chi connectivity index (χ0n) is 7.47. The summed E-state index contributed by atoms with van der Waals surface area (Å²) in [6.45, 7) is -5.04. The van der Waals surface area contributed by atoms with Crippen molar-refractivity contribution in [3.8, 4) is 6.07 Å². The molecule has 0 bridgehead atoms. The Morgan fingerprint density at radius 3 is 2.60 bits per heavy atom. The van der Waals surface area contributed by atoms with E-state index in [0.717, 1.165) is 6.07 Å². The largest absolute Gasteiger partial charge is 0.525 e. The Labute approximate surface area is 83.4 Å². The first-order valence-corrected chi connectivity index (χ1v) is 4.24. The molecule has 0 aliphatic heterocycles. The maximum absolute atomic E-state index is 12.4. The van der Waals surface area contributed by atoms with Gasteiger partial charge in [0.25, 0.3) is 0 Å². The number of hydrogen-bond acceptors (Lipinski definition) is 1. The fourth-order valence-electron chi connectivity index (χ4n) is 1.45. The van der Waals surface area contributed by atoms with Gasteiger partial charge in [0.15, 0.2) is 0 Å².